The molecule has 1 fully saturated rings. The van der Waals surface area contributed by atoms with Crippen LogP contribution in [0.25, 0.3) is 0 Å². The van der Waals surface area contributed by atoms with Crippen molar-refractivity contribution in [3.63, 3.8) is 0 Å². The minimum atomic E-state index is -0.500. The van der Waals surface area contributed by atoms with Crippen LogP contribution in [0, 0.1) is 5.92 Å². The quantitative estimate of drug-likeness (QED) is 0.870. The van der Waals surface area contributed by atoms with Gasteiger partial charge in [-0.25, -0.2) is 0 Å². The molecular weight excluding hydrogens is 272 g/mol. The van der Waals surface area contributed by atoms with Crippen LogP contribution < -0.4 is 15.4 Å². The van der Waals surface area contributed by atoms with Crippen LogP contribution in [0.3, 0.4) is 0 Å². The summed E-state index contributed by atoms with van der Waals surface area (Å²) in [6.45, 7) is 2.95. The van der Waals surface area contributed by atoms with E-state index in [1.807, 2.05) is 0 Å². The fourth-order valence-corrected chi connectivity index (χ4v) is 2.49. The Kier molecular flexibility index (Phi) is 3.79. The van der Waals surface area contributed by atoms with Crippen molar-refractivity contribution in [2.24, 2.45) is 5.92 Å². The number of nitrogens with one attached hydrogen (secondary N) is 2. The predicted molar refractivity (Wildman–Crippen MR) is 77.3 cm³/mol. The Labute approximate surface area is 122 Å². The number of rotatable bonds is 2. The Morgan fingerprint density at radius 2 is 2.10 bits per heavy atom. The van der Waals surface area contributed by atoms with Crippen molar-refractivity contribution in [3.05, 3.63) is 18.2 Å². The monoisotopic (exact) mass is 290 g/mol. The molecule has 1 aromatic carbocycles. The number of carbonyl (C=O) groups is 2. The Bertz CT molecular complexity index is 567. The standard InChI is InChI=1S/C15H18N2O4/c1-9-14(18)17-12-8-11(2-3-13(12)21-9)16-15(19)10-4-6-20-7-5-10/h2-3,8-10H,4-7H2,1H3,(H,16,19)(H,17,18). The van der Waals surface area contributed by atoms with Gasteiger partial charge in [-0.3, -0.25) is 9.59 Å². The van der Waals surface area contributed by atoms with Gasteiger partial charge >= 0.3 is 0 Å². The topological polar surface area (TPSA) is 76.7 Å². The van der Waals surface area contributed by atoms with E-state index in [1.165, 1.54) is 0 Å². The molecule has 1 saturated heterocycles. The second-order valence-electron chi connectivity index (χ2n) is 5.34. The highest BCUT2D eigenvalue weighted by Gasteiger charge is 2.25. The molecule has 0 saturated carbocycles. The van der Waals surface area contributed by atoms with Crippen LogP contribution in [0.4, 0.5) is 11.4 Å². The maximum atomic E-state index is 12.2. The number of anilines is 2. The number of hydrogen-bond donors (Lipinski definition) is 2. The number of fused-ring (bicyclic) bond motifs is 1. The van der Waals surface area contributed by atoms with Gasteiger partial charge in [0.15, 0.2) is 6.10 Å². The fraction of sp³-hybridized carbons (Fsp3) is 0.467. The highest BCUT2D eigenvalue weighted by Crippen LogP contribution is 2.32. The third-order valence-corrected chi connectivity index (χ3v) is 3.77. The molecule has 1 unspecified atom stereocenters. The maximum Gasteiger partial charge on any atom is 0.265 e. The molecule has 2 aliphatic heterocycles. The second kappa shape index (κ2) is 5.73. The van der Waals surface area contributed by atoms with E-state index in [1.54, 1.807) is 25.1 Å². The third-order valence-electron chi connectivity index (χ3n) is 3.77. The summed E-state index contributed by atoms with van der Waals surface area (Å²) in [5.41, 5.74) is 1.24. The van der Waals surface area contributed by atoms with Gasteiger partial charge in [0, 0.05) is 24.8 Å². The SMILES string of the molecule is CC1Oc2ccc(NC(=O)C3CCOCC3)cc2NC1=O. The number of ether oxygens (including phenoxy) is 2. The molecule has 0 aliphatic carbocycles. The molecular formula is C15H18N2O4. The third kappa shape index (κ3) is 3.00. The van der Waals surface area contributed by atoms with E-state index in [0.717, 1.165) is 12.8 Å². The first-order valence-corrected chi connectivity index (χ1v) is 7.13. The first kappa shape index (κ1) is 13.9. The van der Waals surface area contributed by atoms with Gasteiger partial charge in [-0.05, 0) is 38.0 Å². The molecule has 0 bridgehead atoms. The summed E-state index contributed by atoms with van der Waals surface area (Å²) in [7, 11) is 0. The van der Waals surface area contributed by atoms with E-state index >= 15 is 0 Å². The van der Waals surface area contributed by atoms with Crippen LogP contribution in [0.5, 0.6) is 5.75 Å². The summed E-state index contributed by atoms with van der Waals surface area (Å²) in [5.74, 6) is 0.414. The maximum absolute atomic E-state index is 12.2. The molecule has 6 nitrogen and oxygen atoms in total. The van der Waals surface area contributed by atoms with E-state index in [-0.39, 0.29) is 17.7 Å². The van der Waals surface area contributed by atoms with Crippen molar-refractivity contribution in [1.29, 1.82) is 0 Å². The van der Waals surface area contributed by atoms with Crippen LogP contribution >= 0.6 is 0 Å². The number of amides is 2. The zero-order valence-electron chi connectivity index (χ0n) is 11.8. The van der Waals surface area contributed by atoms with Gasteiger partial charge in [0.1, 0.15) is 5.75 Å². The first-order chi connectivity index (χ1) is 10.1. The average molecular weight is 290 g/mol. The molecule has 3 rings (SSSR count). The zero-order valence-corrected chi connectivity index (χ0v) is 11.8. The van der Waals surface area contributed by atoms with Gasteiger partial charge < -0.3 is 20.1 Å². The summed E-state index contributed by atoms with van der Waals surface area (Å²) >= 11 is 0. The van der Waals surface area contributed by atoms with Crippen molar-refractivity contribution < 1.29 is 19.1 Å². The summed E-state index contributed by atoms with van der Waals surface area (Å²) < 4.78 is 10.7. The molecule has 21 heavy (non-hydrogen) atoms. The zero-order chi connectivity index (χ0) is 14.8. The molecule has 0 spiro atoms. The molecule has 2 amide bonds. The Morgan fingerprint density at radius 3 is 2.86 bits per heavy atom. The molecule has 1 aromatic rings. The molecule has 2 heterocycles. The molecule has 112 valence electrons. The summed E-state index contributed by atoms with van der Waals surface area (Å²) in [6, 6.07) is 5.25. The summed E-state index contributed by atoms with van der Waals surface area (Å²) in [5, 5.41) is 5.65. The predicted octanol–water partition coefficient (Wildman–Crippen LogP) is 1.77. The molecule has 6 heteroatoms. The Morgan fingerprint density at radius 1 is 1.33 bits per heavy atom. The first-order valence-electron chi connectivity index (χ1n) is 7.13. The van der Waals surface area contributed by atoms with Gasteiger partial charge in [0.05, 0.1) is 5.69 Å². The molecule has 0 aromatic heterocycles. The van der Waals surface area contributed by atoms with Gasteiger partial charge in [0.25, 0.3) is 5.91 Å². The van der Waals surface area contributed by atoms with Crippen LogP contribution in [0.1, 0.15) is 19.8 Å². The lowest BCUT2D eigenvalue weighted by Gasteiger charge is -2.24. The fourth-order valence-electron chi connectivity index (χ4n) is 2.49. The van der Waals surface area contributed by atoms with E-state index in [0.29, 0.717) is 30.3 Å². The molecule has 1 atom stereocenters. The Balaban J connectivity index is 1.70. The van der Waals surface area contributed by atoms with Crippen LogP contribution in [0.15, 0.2) is 18.2 Å². The highest BCUT2D eigenvalue weighted by molar-refractivity contribution is 5.99. The van der Waals surface area contributed by atoms with Crippen LogP contribution in [0.2, 0.25) is 0 Å². The summed E-state index contributed by atoms with van der Waals surface area (Å²) in [6.07, 6.45) is 0.989. The average Bonchev–Trinajstić information content (AvgIpc) is 2.49. The largest absolute Gasteiger partial charge is 0.479 e. The lowest BCUT2D eigenvalue weighted by Crippen LogP contribution is -2.34. The summed E-state index contributed by atoms with van der Waals surface area (Å²) in [4.78, 5) is 23.8. The van der Waals surface area contributed by atoms with Gasteiger partial charge in [-0.1, -0.05) is 0 Å². The van der Waals surface area contributed by atoms with Crippen molar-refractivity contribution in [2.45, 2.75) is 25.9 Å². The smallest absolute Gasteiger partial charge is 0.265 e. The lowest BCUT2D eigenvalue weighted by molar-refractivity contribution is -0.123. The number of carbonyl (C=O) groups excluding carboxylic acids is 2. The van der Waals surface area contributed by atoms with Gasteiger partial charge in [-0.15, -0.1) is 0 Å². The highest BCUT2D eigenvalue weighted by atomic mass is 16.5. The Hall–Kier alpha value is -2.08. The van der Waals surface area contributed by atoms with E-state index in [4.69, 9.17) is 9.47 Å². The van der Waals surface area contributed by atoms with Gasteiger partial charge in [0.2, 0.25) is 5.91 Å². The lowest BCUT2D eigenvalue weighted by atomic mass is 9.99. The molecule has 0 radical (unpaired) electrons. The van der Waals surface area contributed by atoms with Crippen LogP contribution in [-0.4, -0.2) is 31.1 Å². The van der Waals surface area contributed by atoms with Gasteiger partial charge in [-0.2, -0.15) is 0 Å². The number of hydrogen-bond acceptors (Lipinski definition) is 4. The van der Waals surface area contributed by atoms with E-state index < -0.39 is 6.10 Å². The minimum absolute atomic E-state index is 0.00493. The molecule has 2 N–H and O–H groups in total. The van der Waals surface area contributed by atoms with Crippen molar-refractivity contribution in [1.82, 2.24) is 0 Å². The molecule has 2 aliphatic rings. The second-order valence-corrected chi connectivity index (χ2v) is 5.34. The normalized spacial score (nSPS) is 22.0. The van der Waals surface area contributed by atoms with E-state index in [2.05, 4.69) is 10.6 Å². The minimum Gasteiger partial charge on any atom is -0.479 e. The van der Waals surface area contributed by atoms with E-state index in [9.17, 15) is 9.59 Å². The van der Waals surface area contributed by atoms with Crippen LogP contribution in [-0.2, 0) is 14.3 Å². The van der Waals surface area contributed by atoms with Crippen molar-refractivity contribution >= 4 is 23.2 Å². The van der Waals surface area contributed by atoms with Crippen molar-refractivity contribution in [3.8, 4) is 5.75 Å². The number of benzene rings is 1. The van der Waals surface area contributed by atoms with Crippen molar-refractivity contribution in [2.75, 3.05) is 23.8 Å².